The summed E-state index contributed by atoms with van der Waals surface area (Å²) in [7, 11) is 0. The zero-order chi connectivity index (χ0) is 14.5. The first-order valence-electron chi connectivity index (χ1n) is 7.04. The highest BCUT2D eigenvalue weighted by molar-refractivity contribution is 6.33. The molecule has 1 heterocycles. The third-order valence-electron chi connectivity index (χ3n) is 3.59. The van der Waals surface area contributed by atoms with Crippen LogP contribution in [0.2, 0.25) is 5.02 Å². The van der Waals surface area contributed by atoms with E-state index in [1.807, 2.05) is 0 Å². The Hall–Kier alpha value is -1.33. The summed E-state index contributed by atoms with van der Waals surface area (Å²) in [6, 6.07) is 5.53. The monoisotopic (exact) mass is 297 g/mol. The van der Waals surface area contributed by atoms with Gasteiger partial charge in [-0.25, -0.2) is 0 Å². The Kier molecular flexibility index (Phi) is 5.20. The summed E-state index contributed by atoms with van der Waals surface area (Å²) < 4.78 is 0. The molecule has 5 nitrogen and oxygen atoms in total. The van der Waals surface area contributed by atoms with Crippen LogP contribution in [0.15, 0.2) is 18.2 Å². The molecule has 6 heteroatoms. The van der Waals surface area contributed by atoms with Gasteiger partial charge >= 0.3 is 5.69 Å². The molecule has 1 aromatic carbocycles. The van der Waals surface area contributed by atoms with Gasteiger partial charge < -0.3 is 10.2 Å². The maximum absolute atomic E-state index is 11.3. The Morgan fingerprint density at radius 3 is 2.95 bits per heavy atom. The van der Waals surface area contributed by atoms with Crippen molar-refractivity contribution in [3.8, 4) is 0 Å². The summed E-state index contributed by atoms with van der Waals surface area (Å²) >= 11 is 6.00. The molecule has 110 valence electrons. The van der Waals surface area contributed by atoms with Crippen molar-refractivity contribution in [3.05, 3.63) is 33.3 Å². The van der Waals surface area contributed by atoms with E-state index in [1.54, 1.807) is 18.2 Å². The minimum atomic E-state index is -0.387. The molecule has 0 amide bonds. The lowest BCUT2D eigenvalue weighted by atomic mass is 10.1. The molecule has 1 N–H and O–H groups in total. The van der Waals surface area contributed by atoms with Crippen LogP contribution in [0.3, 0.4) is 0 Å². The SMILES string of the molecule is CCCN(CC1CCCN1)c1cccc(Cl)c1[N+](=O)[O-]. The van der Waals surface area contributed by atoms with Crippen LogP contribution in [-0.4, -0.2) is 30.6 Å². The standard InChI is InChI=1S/C14H20ClN3O2/c1-2-9-17(10-11-5-4-8-16-11)13-7-3-6-12(15)14(13)18(19)20/h3,6-7,11,16H,2,4-5,8-10H2,1H3. The van der Waals surface area contributed by atoms with E-state index in [9.17, 15) is 10.1 Å². The molecule has 0 saturated carbocycles. The first-order chi connectivity index (χ1) is 9.63. The largest absolute Gasteiger partial charge is 0.364 e. The number of nitrogens with zero attached hydrogens (tertiary/aromatic N) is 2. The Bertz CT molecular complexity index is 475. The number of rotatable bonds is 6. The topological polar surface area (TPSA) is 58.4 Å². The summed E-state index contributed by atoms with van der Waals surface area (Å²) in [4.78, 5) is 13.0. The van der Waals surface area contributed by atoms with Gasteiger partial charge in [-0.05, 0) is 37.9 Å². The van der Waals surface area contributed by atoms with Gasteiger partial charge in [0.2, 0.25) is 0 Å². The minimum absolute atomic E-state index is 0.0145. The number of nitrogens with one attached hydrogen (secondary N) is 1. The molecule has 0 bridgehead atoms. The second kappa shape index (κ2) is 6.90. The summed E-state index contributed by atoms with van der Waals surface area (Å²) in [6.07, 6.45) is 3.23. The van der Waals surface area contributed by atoms with Gasteiger partial charge in [0.15, 0.2) is 0 Å². The molecule has 1 saturated heterocycles. The minimum Gasteiger partial charge on any atom is -0.364 e. The predicted octanol–water partition coefficient (Wildman–Crippen LogP) is 3.22. The number of hydrogen-bond donors (Lipinski definition) is 1. The van der Waals surface area contributed by atoms with Crippen LogP contribution < -0.4 is 10.2 Å². The van der Waals surface area contributed by atoms with Crippen LogP contribution in [-0.2, 0) is 0 Å². The third-order valence-corrected chi connectivity index (χ3v) is 3.89. The summed E-state index contributed by atoms with van der Waals surface area (Å²) in [5, 5.41) is 14.9. The first-order valence-corrected chi connectivity index (χ1v) is 7.42. The number of para-hydroxylation sites is 1. The van der Waals surface area contributed by atoms with Crippen molar-refractivity contribution in [2.24, 2.45) is 0 Å². The number of anilines is 1. The van der Waals surface area contributed by atoms with Gasteiger partial charge in [-0.2, -0.15) is 0 Å². The van der Waals surface area contributed by atoms with Crippen LogP contribution >= 0.6 is 11.6 Å². The van der Waals surface area contributed by atoms with Crippen molar-refractivity contribution in [1.82, 2.24) is 5.32 Å². The average Bonchev–Trinajstić information content (AvgIpc) is 2.90. The Morgan fingerprint density at radius 2 is 2.35 bits per heavy atom. The smallest absolute Gasteiger partial charge is 0.310 e. The van der Waals surface area contributed by atoms with Crippen molar-refractivity contribution in [3.63, 3.8) is 0 Å². The van der Waals surface area contributed by atoms with E-state index in [-0.39, 0.29) is 15.6 Å². The number of nitro groups is 1. The molecule has 1 atom stereocenters. The van der Waals surface area contributed by atoms with Crippen LogP contribution in [0.4, 0.5) is 11.4 Å². The molecule has 20 heavy (non-hydrogen) atoms. The highest BCUT2D eigenvalue weighted by Crippen LogP contribution is 2.35. The Morgan fingerprint density at radius 1 is 1.55 bits per heavy atom. The molecule has 0 aliphatic carbocycles. The average molecular weight is 298 g/mol. The molecule has 0 aromatic heterocycles. The Labute approximate surface area is 124 Å². The van der Waals surface area contributed by atoms with E-state index in [2.05, 4.69) is 17.1 Å². The van der Waals surface area contributed by atoms with Gasteiger partial charge in [0, 0.05) is 19.1 Å². The number of halogens is 1. The van der Waals surface area contributed by atoms with Gasteiger partial charge in [0.05, 0.1) is 4.92 Å². The van der Waals surface area contributed by atoms with Crippen molar-refractivity contribution in [2.75, 3.05) is 24.5 Å². The molecule has 1 unspecified atom stereocenters. The van der Waals surface area contributed by atoms with Crippen molar-refractivity contribution < 1.29 is 4.92 Å². The number of nitro benzene ring substituents is 1. The fourth-order valence-corrected chi connectivity index (χ4v) is 2.94. The van der Waals surface area contributed by atoms with Gasteiger partial charge in [0.1, 0.15) is 10.7 Å². The van der Waals surface area contributed by atoms with Crippen LogP contribution in [0.25, 0.3) is 0 Å². The molecule has 1 aliphatic rings. The lowest BCUT2D eigenvalue weighted by Crippen LogP contribution is -2.38. The van der Waals surface area contributed by atoms with Crippen LogP contribution in [0, 0.1) is 10.1 Å². The van der Waals surface area contributed by atoms with Crippen molar-refractivity contribution in [2.45, 2.75) is 32.2 Å². The van der Waals surface area contributed by atoms with E-state index in [1.165, 1.54) is 6.42 Å². The first kappa shape index (κ1) is 15.1. The van der Waals surface area contributed by atoms with Crippen LogP contribution in [0.5, 0.6) is 0 Å². The zero-order valence-corrected chi connectivity index (χ0v) is 12.4. The van der Waals surface area contributed by atoms with E-state index < -0.39 is 0 Å². The van der Waals surface area contributed by atoms with E-state index >= 15 is 0 Å². The van der Waals surface area contributed by atoms with Gasteiger partial charge in [-0.15, -0.1) is 0 Å². The zero-order valence-electron chi connectivity index (χ0n) is 11.6. The van der Waals surface area contributed by atoms with Gasteiger partial charge in [-0.3, -0.25) is 10.1 Å². The lowest BCUT2D eigenvalue weighted by molar-refractivity contribution is -0.384. The molecule has 0 spiro atoms. The van der Waals surface area contributed by atoms with Crippen molar-refractivity contribution >= 4 is 23.0 Å². The van der Waals surface area contributed by atoms with E-state index in [0.717, 1.165) is 32.5 Å². The Balaban J connectivity index is 2.28. The maximum Gasteiger partial charge on any atom is 0.310 e. The van der Waals surface area contributed by atoms with Gasteiger partial charge in [0.25, 0.3) is 0 Å². The maximum atomic E-state index is 11.3. The highest BCUT2D eigenvalue weighted by atomic mass is 35.5. The lowest BCUT2D eigenvalue weighted by Gasteiger charge is -2.27. The van der Waals surface area contributed by atoms with E-state index in [4.69, 9.17) is 11.6 Å². The summed E-state index contributed by atoms with van der Waals surface area (Å²) in [5.41, 5.74) is 0.638. The molecule has 1 aromatic rings. The number of hydrogen-bond acceptors (Lipinski definition) is 4. The highest BCUT2D eigenvalue weighted by Gasteiger charge is 2.25. The van der Waals surface area contributed by atoms with Crippen LogP contribution in [0.1, 0.15) is 26.2 Å². The normalized spacial score (nSPS) is 18.2. The molecule has 0 radical (unpaired) electrons. The molecular formula is C14H20ClN3O2. The third kappa shape index (κ3) is 3.41. The van der Waals surface area contributed by atoms with Crippen molar-refractivity contribution in [1.29, 1.82) is 0 Å². The number of benzene rings is 1. The van der Waals surface area contributed by atoms with Gasteiger partial charge in [-0.1, -0.05) is 24.6 Å². The fourth-order valence-electron chi connectivity index (χ4n) is 2.70. The molecule has 1 aliphatic heterocycles. The predicted molar refractivity (Wildman–Crippen MR) is 81.6 cm³/mol. The summed E-state index contributed by atoms with van der Waals surface area (Å²) in [5.74, 6) is 0. The quantitative estimate of drug-likeness (QED) is 0.647. The molecule has 2 rings (SSSR count). The second-order valence-electron chi connectivity index (χ2n) is 5.10. The molecular weight excluding hydrogens is 278 g/mol. The van der Waals surface area contributed by atoms with E-state index in [0.29, 0.717) is 11.7 Å². The summed E-state index contributed by atoms with van der Waals surface area (Å²) in [6.45, 7) is 4.68. The fraction of sp³-hybridized carbons (Fsp3) is 0.571. The second-order valence-corrected chi connectivity index (χ2v) is 5.51. The molecule has 1 fully saturated rings.